The first-order chi connectivity index (χ1) is 14.1. The molecule has 0 radical (unpaired) electrons. The van der Waals surface area contributed by atoms with Crippen molar-refractivity contribution in [3.05, 3.63) is 87.8 Å². The van der Waals surface area contributed by atoms with E-state index in [9.17, 15) is 9.59 Å². The molecule has 8 heteroatoms. The summed E-state index contributed by atoms with van der Waals surface area (Å²) >= 11 is 1.08. The maximum absolute atomic E-state index is 12.2. The van der Waals surface area contributed by atoms with Gasteiger partial charge in [0.15, 0.2) is 0 Å². The Labute approximate surface area is 173 Å². The number of hydrogen-bond donors (Lipinski definition) is 2. The first kappa shape index (κ1) is 20.6. The van der Waals surface area contributed by atoms with Crippen LogP contribution in [0, 0.1) is 6.92 Å². The highest BCUT2D eigenvalue weighted by molar-refractivity contribution is 7.99. The molecular weight excluding hydrogens is 386 g/mol. The predicted octanol–water partition coefficient (Wildman–Crippen LogP) is 2.09. The second kappa shape index (κ2) is 9.88. The highest BCUT2D eigenvalue weighted by atomic mass is 32.2. The van der Waals surface area contributed by atoms with Gasteiger partial charge in [-0.2, -0.15) is 4.68 Å². The zero-order valence-electron chi connectivity index (χ0n) is 16.1. The lowest BCUT2D eigenvalue weighted by Gasteiger charge is -2.18. The van der Waals surface area contributed by atoms with Gasteiger partial charge < -0.3 is 11.2 Å². The highest BCUT2D eigenvalue weighted by Gasteiger charge is 2.15. The van der Waals surface area contributed by atoms with Crippen LogP contribution in [-0.2, 0) is 4.79 Å². The Morgan fingerprint density at radius 3 is 2.24 bits per heavy atom. The van der Waals surface area contributed by atoms with Gasteiger partial charge in [0.1, 0.15) is 5.69 Å². The number of aryl methyl sites for hydroxylation is 1. The number of nitrogens with one attached hydrogen (secondary N) is 1. The highest BCUT2D eigenvalue weighted by Crippen LogP contribution is 2.27. The summed E-state index contributed by atoms with van der Waals surface area (Å²) in [6.07, 6.45) is 0.774. The van der Waals surface area contributed by atoms with E-state index in [0.29, 0.717) is 6.54 Å². The van der Waals surface area contributed by atoms with Crippen molar-refractivity contribution >= 4 is 17.7 Å². The van der Waals surface area contributed by atoms with E-state index >= 15 is 0 Å². The minimum absolute atomic E-state index is 0.107. The zero-order chi connectivity index (χ0) is 20.6. The van der Waals surface area contributed by atoms with Gasteiger partial charge in [-0.15, -0.1) is 10.2 Å². The molecule has 1 amide bonds. The number of thioether (sulfide) groups is 1. The van der Waals surface area contributed by atoms with Gasteiger partial charge in [0.2, 0.25) is 11.1 Å². The van der Waals surface area contributed by atoms with Gasteiger partial charge in [-0.3, -0.25) is 9.59 Å². The van der Waals surface area contributed by atoms with Crippen LogP contribution in [0.2, 0.25) is 0 Å². The molecule has 150 valence electrons. The maximum atomic E-state index is 12.2. The van der Waals surface area contributed by atoms with Gasteiger partial charge in [-0.25, -0.2) is 0 Å². The van der Waals surface area contributed by atoms with Crippen molar-refractivity contribution in [1.82, 2.24) is 20.2 Å². The molecule has 0 aliphatic carbocycles. The first-order valence-corrected chi connectivity index (χ1v) is 10.3. The number of benzene rings is 2. The molecule has 0 aliphatic heterocycles. The zero-order valence-corrected chi connectivity index (χ0v) is 16.9. The molecule has 0 atom stereocenters. The number of nitrogens with two attached hydrogens (primary N) is 1. The van der Waals surface area contributed by atoms with Gasteiger partial charge in [0.05, 0.1) is 5.75 Å². The number of amides is 1. The summed E-state index contributed by atoms with van der Waals surface area (Å²) < 4.78 is 0.918. The van der Waals surface area contributed by atoms with Crippen LogP contribution >= 0.6 is 11.8 Å². The number of carbonyl (C=O) groups is 1. The van der Waals surface area contributed by atoms with Gasteiger partial charge >= 0.3 is 0 Å². The average Bonchev–Trinajstić information content (AvgIpc) is 2.76. The third-order valence-corrected chi connectivity index (χ3v) is 5.45. The minimum atomic E-state index is -0.420. The Hall–Kier alpha value is -3.13. The number of carbonyl (C=O) groups excluding carboxylic acids is 1. The molecule has 1 aromatic heterocycles. The summed E-state index contributed by atoms with van der Waals surface area (Å²) in [7, 11) is 0. The molecule has 1 heterocycles. The first-order valence-electron chi connectivity index (χ1n) is 9.27. The van der Waals surface area contributed by atoms with E-state index in [4.69, 9.17) is 5.84 Å². The van der Waals surface area contributed by atoms with Crippen LogP contribution in [0.25, 0.3) is 0 Å². The van der Waals surface area contributed by atoms with Crippen LogP contribution in [-0.4, -0.2) is 33.1 Å². The second-order valence-corrected chi connectivity index (χ2v) is 7.49. The van der Waals surface area contributed by atoms with E-state index in [2.05, 4.69) is 39.8 Å². The molecule has 7 nitrogen and oxygen atoms in total. The number of nitrogen functional groups attached to an aromatic ring is 1. The van der Waals surface area contributed by atoms with E-state index in [0.717, 1.165) is 22.9 Å². The minimum Gasteiger partial charge on any atom is -0.355 e. The standard InChI is InChI=1S/C21H23N5O2S/c1-15-20(28)26(22)21(25-24-15)29-14-19(27)23-13-12-18(16-8-4-2-5-9-16)17-10-6-3-7-11-17/h2-11,18H,12-14,22H2,1H3,(H,23,27). The number of rotatable bonds is 8. The Morgan fingerprint density at radius 1 is 1.07 bits per heavy atom. The van der Waals surface area contributed by atoms with Crippen molar-refractivity contribution in [2.45, 2.75) is 24.4 Å². The molecule has 3 N–H and O–H groups in total. The van der Waals surface area contributed by atoms with E-state index < -0.39 is 5.56 Å². The van der Waals surface area contributed by atoms with Gasteiger partial charge in [-0.05, 0) is 24.5 Å². The fourth-order valence-electron chi connectivity index (χ4n) is 3.00. The third kappa shape index (κ3) is 5.45. The van der Waals surface area contributed by atoms with Crippen LogP contribution < -0.4 is 16.7 Å². The van der Waals surface area contributed by atoms with Crippen molar-refractivity contribution in [3.63, 3.8) is 0 Å². The summed E-state index contributed by atoms with van der Waals surface area (Å²) in [5.74, 6) is 5.84. The molecule has 3 rings (SSSR count). The summed E-state index contributed by atoms with van der Waals surface area (Å²) in [6, 6.07) is 20.5. The predicted molar refractivity (Wildman–Crippen MR) is 114 cm³/mol. The fraction of sp³-hybridized carbons (Fsp3) is 0.238. The average molecular weight is 410 g/mol. The topological polar surface area (TPSA) is 103 Å². The monoisotopic (exact) mass is 409 g/mol. The van der Waals surface area contributed by atoms with Gasteiger partial charge in [-0.1, -0.05) is 72.4 Å². The number of hydrogen-bond acceptors (Lipinski definition) is 6. The van der Waals surface area contributed by atoms with Crippen LogP contribution in [0.5, 0.6) is 0 Å². The number of aromatic nitrogens is 3. The van der Waals surface area contributed by atoms with Crippen LogP contribution in [0.4, 0.5) is 0 Å². The fourth-order valence-corrected chi connectivity index (χ4v) is 3.68. The van der Waals surface area contributed by atoms with Gasteiger partial charge in [0.25, 0.3) is 5.56 Å². The lowest BCUT2D eigenvalue weighted by molar-refractivity contribution is -0.118. The number of nitrogens with zero attached hydrogens (tertiary/aromatic N) is 3. The van der Waals surface area contributed by atoms with Crippen molar-refractivity contribution < 1.29 is 4.79 Å². The van der Waals surface area contributed by atoms with E-state index in [1.165, 1.54) is 18.1 Å². The maximum Gasteiger partial charge on any atom is 0.294 e. The van der Waals surface area contributed by atoms with Crippen LogP contribution in [0.1, 0.15) is 29.2 Å². The summed E-state index contributed by atoms with van der Waals surface area (Å²) in [4.78, 5) is 24.0. The largest absolute Gasteiger partial charge is 0.355 e. The quantitative estimate of drug-likeness (QED) is 0.436. The smallest absolute Gasteiger partial charge is 0.294 e. The van der Waals surface area contributed by atoms with Gasteiger partial charge in [0, 0.05) is 12.5 Å². The molecule has 0 unspecified atom stereocenters. The molecular formula is C21H23N5O2S. The molecule has 0 saturated heterocycles. The normalized spacial score (nSPS) is 10.8. The van der Waals surface area contributed by atoms with E-state index in [1.807, 2.05) is 36.4 Å². The summed E-state index contributed by atoms with van der Waals surface area (Å²) in [5.41, 5.74) is 2.22. The lowest BCUT2D eigenvalue weighted by Crippen LogP contribution is -2.33. The van der Waals surface area contributed by atoms with Crippen molar-refractivity contribution in [2.24, 2.45) is 0 Å². The summed E-state index contributed by atoms with van der Waals surface area (Å²) in [5, 5.41) is 10.8. The lowest BCUT2D eigenvalue weighted by atomic mass is 9.88. The van der Waals surface area contributed by atoms with Crippen molar-refractivity contribution in [1.29, 1.82) is 0 Å². The van der Waals surface area contributed by atoms with Crippen LogP contribution in [0.3, 0.4) is 0 Å². The Morgan fingerprint density at radius 2 is 1.66 bits per heavy atom. The molecule has 0 bridgehead atoms. The Kier molecular flexibility index (Phi) is 7.02. The van der Waals surface area contributed by atoms with E-state index in [-0.39, 0.29) is 28.4 Å². The second-order valence-electron chi connectivity index (χ2n) is 6.54. The molecule has 3 aromatic rings. The SMILES string of the molecule is Cc1nnc(SCC(=O)NCCC(c2ccccc2)c2ccccc2)n(N)c1=O. The third-order valence-electron chi connectivity index (χ3n) is 4.51. The Balaban J connectivity index is 1.56. The Bertz CT molecular complexity index is 969. The molecule has 0 saturated carbocycles. The molecule has 0 fully saturated rings. The molecule has 29 heavy (non-hydrogen) atoms. The molecule has 0 spiro atoms. The molecule has 0 aliphatic rings. The van der Waals surface area contributed by atoms with Crippen molar-refractivity contribution in [2.75, 3.05) is 18.1 Å². The van der Waals surface area contributed by atoms with Crippen molar-refractivity contribution in [3.8, 4) is 0 Å². The van der Waals surface area contributed by atoms with Crippen LogP contribution in [0.15, 0.2) is 70.6 Å². The van der Waals surface area contributed by atoms with E-state index in [1.54, 1.807) is 0 Å². The molecule has 2 aromatic carbocycles. The summed E-state index contributed by atoms with van der Waals surface area (Å²) in [6.45, 7) is 2.07.